The minimum atomic E-state index is -3.24. The molecule has 0 aliphatic carbocycles. The summed E-state index contributed by atoms with van der Waals surface area (Å²) in [7, 11) is -1.63. The fraction of sp³-hybridized carbons (Fsp3) is 0.538. The van der Waals surface area contributed by atoms with Gasteiger partial charge in [0.2, 0.25) is 10.0 Å². The van der Waals surface area contributed by atoms with Gasteiger partial charge in [-0.15, -0.1) is 0 Å². The minimum Gasteiger partial charge on any atom is -0.496 e. The Kier molecular flexibility index (Phi) is 5.02. The molecule has 0 bridgehead atoms. The molecule has 0 aliphatic rings. The Labute approximate surface area is 109 Å². The Balaban J connectivity index is 2.93. The quantitative estimate of drug-likeness (QED) is 0.865. The van der Waals surface area contributed by atoms with Gasteiger partial charge in [-0.2, -0.15) is 0 Å². The number of ether oxygens (including phenoxy) is 1. The van der Waals surface area contributed by atoms with Crippen LogP contribution in [0.25, 0.3) is 0 Å². The van der Waals surface area contributed by atoms with Crippen molar-refractivity contribution in [2.45, 2.75) is 33.6 Å². The molecule has 1 N–H and O–H groups in total. The molecular formula is C13H21NO3S. The Morgan fingerprint density at radius 1 is 1.22 bits per heavy atom. The molecule has 0 fully saturated rings. The normalized spacial score (nSPS) is 11.3. The molecule has 0 aliphatic heterocycles. The van der Waals surface area contributed by atoms with Gasteiger partial charge >= 0.3 is 0 Å². The van der Waals surface area contributed by atoms with E-state index in [9.17, 15) is 8.42 Å². The van der Waals surface area contributed by atoms with E-state index in [1.54, 1.807) is 19.2 Å². The summed E-state index contributed by atoms with van der Waals surface area (Å²) in [6.45, 7) is 5.77. The van der Waals surface area contributed by atoms with Gasteiger partial charge in [0.05, 0.1) is 12.9 Å². The third kappa shape index (κ3) is 3.91. The lowest BCUT2D eigenvalue weighted by molar-refractivity contribution is 0.408. The number of unbranched alkanes of at least 4 members (excludes halogenated alkanes) is 1. The summed E-state index contributed by atoms with van der Waals surface area (Å²) in [5.41, 5.74) is 2.44. The summed E-state index contributed by atoms with van der Waals surface area (Å²) in [5.74, 6) is 0.958. The van der Waals surface area contributed by atoms with E-state index in [2.05, 4.69) is 4.72 Å². The summed E-state index contributed by atoms with van der Waals surface area (Å²) >= 11 is 0. The fourth-order valence-electron chi connectivity index (χ4n) is 1.90. The first-order valence-corrected chi connectivity index (χ1v) is 7.70. The molecule has 5 heteroatoms. The van der Waals surface area contributed by atoms with Crippen molar-refractivity contribution in [1.82, 2.24) is 0 Å². The molecule has 0 spiro atoms. The minimum absolute atomic E-state index is 0.160. The molecule has 18 heavy (non-hydrogen) atoms. The molecule has 0 saturated heterocycles. The van der Waals surface area contributed by atoms with E-state index < -0.39 is 10.0 Å². The maximum atomic E-state index is 11.8. The predicted octanol–water partition coefficient (Wildman–Crippen LogP) is 2.85. The van der Waals surface area contributed by atoms with Crippen molar-refractivity contribution in [1.29, 1.82) is 0 Å². The van der Waals surface area contributed by atoms with Crippen molar-refractivity contribution in [2.24, 2.45) is 0 Å². The average Bonchev–Trinajstić information content (AvgIpc) is 2.25. The molecular weight excluding hydrogens is 250 g/mol. The zero-order valence-electron chi connectivity index (χ0n) is 11.4. The fourth-order valence-corrected chi connectivity index (χ4v) is 3.14. The molecule has 0 amide bonds. The van der Waals surface area contributed by atoms with Gasteiger partial charge in [0.1, 0.15) is 5.75 Å². The maximum absolute atomic E-state index is 11.8. The Morgan fingerprint density at radius 3 is 2.22 bits per heavy atom. The summed E-state index contributed by atoms with van der Waals surface area (Å²) < 4.78 is 31.4. The number of aryl methyl sites for hydroxylation is 2. The van der Waals surface area contributed by atoms with Crippen LogP contribution in [0.3, 0.4) is 0 Å². The number of anilines is 1. The van der Waals surface area contributed by atoms with Crippen molar-refractivity contribution < 1.29 is 13.2 Å². The molecule has 102 valence electrons. The molecule has 0 radical (unpaired) electrons. The van der Waals surface area contributed by atoms with E-state index in [-0.39, 0.29) is 5.75 Å². The topological polar surface area (TPSA) is 55.4 Å². The second-order valence-corrected chi connectivity index (χ2v) is 6.26. The van der Waals surface area contributed by atoms with Crippen LogP contribution in [0.5, 0.6) is 5.75 Å². The first kappa shape index (κ1) is 14.8. The second-order valence-electron chi connectivity index (χ2n) is 4.42. The number of hydrogen-bond acceptors (Lipinski definition) is 3. The molecule has 0 atom stereocenters. The highest BCUT2D eigenvalue weighted by molar-refractivity contribution is 7.92. The lowest BCUT2D eigenvalue weighted by atomic mass is 10.1. The zero-order valence-corrected chi connectivity index (χ0v) is 12.2. The van der Waals surface area contributed by atoms with Crippen LogP contribution in [-0.2, 0) is 10.0 Å². The highest BCUT2D eigenvalue weighted by atomic mass is 32.2. The molecule has 1 aromatic carbocycles. The molecule has 4 nitrogen and oxygen atoms in total. The van der Waals surface area contributed by atoms with Crippen molar-refractivity contribution in [3.05, 3.63) is 23.3 Å². The summed E-state index contributed by atoms with van der Waals surface area (Å²) in [4.78, 5) is 0. The smallest absolute Gasteiger partial charge is 0.232 e. The van der Waals surface area contributed by atoms with E-state index in [1.165, 1.54) is 0 Å². The van der Waals surface area contributed by atoms with Gasteiger partial charge in [0, 0.05) is 5.69 Å². The van der Waals surface area contributed by atoms with E-state index in [4.69, 9.17) is 4.74 Å². The van der Waals surface area contributed by atoms with Gasteiger partial charge in [0.25, 0.3) is 0 Å². The van der Waals surface area contributed by atoms with Crippen molar-refractivity contribution >= 4 is 15.7 Å². The van der Waals surface area contributed by atoms with Crippen molar-refractivity contribution in [2.75, 3.05) is 17.6 Å². The highest BCUT2D eigenvalue weighted by Crippen LogP contribution is 2.27. The molecule has 0 saturated carbocycles. The Bertz CT molecular complexity index is 486. The summed E-state index contributed by atoms with van der Waals surface area (Å²) in [5, 5.41) is 0. The second kappa shape index (κ2) is 6.09. The number of hydrogen-bond donors (Lipinski definition) is 1. The van der Waals surface area contributed by atoms with Crippen LogP contribution in [0.4, 0.5) is 5.69 Å². The summed E-state index contributed by atoms with van der Waals surface area (Å²) in [6.07, 6.45) is 1.53. The van der Waals surface area contributed by atoms with E-state index in [1.807, 2.05) is 20.8 Å². The molecule has 1 rings (SSSR count). The van der Waals surface area contributed by atoms with Gasteiger partial charge in [-0.05, 0) is 43.5 Å². The third-order valence-corrected chi connectivity index (χ3v) is 4.08. The van der Waals surface area contributed by atoms with Crippen molar-refractivity contribution in [3.8, 4) is 5.75 Å². The summed E-state index contributed by atoms with van der Waals surface area (Å²) in [6, 6.07) is 3.57. The van der Waals surface area contributed by atoms with Crippen LogP contribution in [0.2, 0.25) is 0 Å². The van der Waals surface area contributed by atoms with Crippen LogP contribution in [0.15, 0.2) is 12.1 Å². The lowest BCUT2D eigenvalue weighted by Crippen LogP contribution is -2.16. The molecule has 1 aromatic rings. The Hall–Kier alpha value is -1.23. The molecule has 0 heterocycles. The maximum Gasteiger partial charge on any atom is 0.232 e. The standard InChI is InChI=1S/C13H21NO3S/c1-5-6-7-18(15,16)14-12-8-10(2)13(17-4)11(3)9-12/h8-9,14H,5-7H2,1-4H3. The number of rotatable bonds is 6. The number of nitrogens with one attached hydrogen (secondary N) is 1. The highest BCUT2D eigenvalue weighted by Gasteiger charge is 2.12. The lowest BCUT2D eigenvalue weighted by Gasteiger charge is -2.13. The van der Waals surface area contributed by atoms with Crippen LogP contribution in [0, 0.1) is 13.8 Å². The van der Waals surface area contributed by atoms with E-state index in [0.717, 1.165) is 23.3 Å². The van der Waals surface area contributed by atoms with Gasteiger partial charge in [0.15, 0.2) is 0 Å². The zero-order chi connectivity index (χ0) is 13.8. The monoisotopic (exact) mass is 271 g/mol. The van der Waals surface area contributed by atoms with Crippen LogP contribution >= 0.6 is 0 Å². The van der Waals surface area contributed by atoms with Gasteiger partial charge in [-0.1, -0.05) is 13.3 Å². The number of sulfonamides is 1. The van der Waals surface area contributed by atoms with Gasteiger partial charge in [-0.25, -0.2) is 8.42 Å². The van der Waals surface area contributed by atoms with Gasteiger partial charge < -0.3 is 4.74 Å². The van der Waals surface area contributed by atoms with Crippen molar-refractivity contribution in [3.63, 3.8) is 0 Å². The average molecular weight is 271 g/mol. The largest absolute Gasteiger partial charge is 0.496 e. The third-order valence-electron chi connectivity index (χ3n) is 2.70. The molecule has 0 aromatic heterocycles. The number of benzene rings is 1. The van der Waals surface area contributed by atoms with Gasteiger partial charge in [-0.3, -0.25) is 4.72 Å². The Morgan fingerprint density at radius 2 is 1.78 bits per heavy atom. The SMILES string of the molecule is CCCCS(=O)(=O)Nc1cc(C)c(OC)c(C)c1. The van der Waals surface area contributed by atoms with Crippen LogP contribution < -0.4 is 9.46 Å². The first-order chi connectivity index (χ1) is 8.39. The van der Waals surface area contributed by atoms with Crippen LogP contribution in [0.1, 0.15) is 30.9 Å². The first-order valence-electron chi connectivity index (χ1n) is 6.05. The molecule has 0 unspecified atom stereocenters. The van der Waals surface area contributed by atoms with Crippen LogP contribution in [-0.4, -0.2) is 21.3 Å². The predicted molar refractivity (Wildman–Crippen MR) is 74.8 cm³/mol. The van der Waals surface area contributed by atoms with E-state index >= 15 is 0 Å². The number of methoxy groups -OCH3 is 1. The van der Waals surface area contributed by atoms with E-state index in [0.29, 0.717) is 12.1 Å².